The van der Waals surface area contributed by atoms with E-state index in [9.17, 15) is 14.9 Å². The number of carbonyl (C=O) groups is 1. The summed E-state index contributed by atoms with van der Waals surface area (Å²) in [5.74, 6) is -0.177. The summed E-state index contributed by atoms with van der Waals surface area (Å²) in [5, 5.41) is 11.1. The second-order valence-electron chi connectivity index (χ2n) is 4.80. The second kappa shape index (κ2) is 8.36. The maximum absolute atomic E-state index is 11.8. The van der Waals surface area contributed by atoms with Crippen molar-refractivity contribution in [1.82, 2.24) is 4.90 Å². The van der Waals surface area contributed by atoms with Gasteiger partial charge in [-0.15, -0.1) is 0 Å². The number of nitrogens with zero attached hydrogens (tertiary/aromatic N) is 3. The standard InChI is InChI=1S/C15H23N3O3/c1-4-16(5-2)11-8-12-17(13(3)19)14-9-6-7-10-15(14)18(20)21/h6-7,9-10H,4-5,8,11-12H2,1-3H3. The van der Waals surface area contributed by atoms with E-state index in [4.69, 9.17) is 0 Å². The molecule has 1 amide bonds. The average molecular weight is 293 g/mol. The molecule has 1 aromatic rings. The largest absolute Gasteiger partial charge is 0.307 e. The summed E-state index contributed by atoms with van der Waals surface area (Å²) in [6, 6.07) is 6.37. The molecule has 6 nitrogen and oxygen atoms in total. The molecule has 0 saturated carbocycles. The van der Waals surface area contributed by atoms with Crippen molar-refractivity contribution in [2.75, 3.05) is 31.1 Å². The van der Waals surface area contributed by atoms with E-state index in [1.807, 2.05) is 0 Å². The number of nitro groups is 1. The van der Waals surface area contributed by atoms with Crippen molar-refractivity contribution in [1.29, 1.82) is 0 Å². The van der Waals surface area contributed by atoms with Crippen molar-refractivity contribution >= 4 is 17.3 Å². The molecule has 1 rings (SSSR count). The van der Waals surface area contributed by atoms with Gasteiger partial charge in [-0.25, -0.2) is 0 Å². The van der Waals surface area contributed by atoms with Gasteiger partial charge in [0, 0.05) is 19.5 Å². The minimum absolute atomic E-state index is 0.0319. The van der Waals surface area contributed by atoms with Crippen molar-refractivity contribution in [3.8, 4) is 0 Å². The number of hydrogen-bond donors (Lipinski definition) is 0. The second-order valence-corrected chi connectivity index (χ2v) is 4.80. The lowest BCUT2D eigenvalue weighted by Crippen LogP contribution is -2.33. The highest BCUT2D eigenvalue weighted by Crippen LogP contribution is 2.27. The van der Waals surface area contributed by atoms with E-state index in [0.717, 1.165) is 26.1 Å². The first kappa shape index (κ1) is 17.1. The predicted octanol–water partition coefficient (Wildman–Crippen LogP) is 2.68. The third-order valence-electron chi connectivity index (χ3n) is 3.50. The number of carbonyl (C=O) groups excluding carboxylic acids is 1. The predicted molar refractivity (Wildman–Crippen MR) is 83.5 cm³/mol. The molecule has 0 bridgehead atoms. The summed E-state index contributed by atoms with van der Waals surface area (Å²) >= 11 is 0. The minimum atomic E-state index is -0.449. The normalized spacial score (nSPS) is 10.7. The highest BCUT2D eigenvalue weighted by atomic mass is 16.6. The molecule has 1 aromatic carbocycles. The summed E-state index contributed by atoms with van der Waals surface area (Å²) in [5.41, 5.74) is 0.338. The molecule has 0 aromatic heterocycles. The summed E-state index contributed by atoms with van der Waals surface area (Å²) in [6.45, 7) is 8.90. The van der Waals surface area contributed by atoms with Crippen LogP contribution >= 0.6 is 0 Å². The molecule has 0 heterocycles. The zero-order valence-corrected chi connectivity index (χ0v) is 12.9. The van der Waals surface area contributed by atoms with Crippen LogP contribution in [0.1, 0.15) is 27.2 Å². The summed E-state index contributed by atoms with van der Waals surface area (Å²) in [7, 11) is 0. The number of nitro benzene ring substituents is 1. The molecule has 0 aliphatic rings. The molecule has 0 saturated heterocycles. The Kier molecular flexibility index (Phi) is 6.81. The third kappa shape index (κ3) is 4.82. The number of para-hydroxylation sites is 2. The SMILES string of the molecule is CCN(CC)CCCN(C(C)=O)c1ccccc1[N+](=O)[O-]. The van der Waals surface area contributed by atoms with Crippen LogP contribution in [0.5, 0.6) is 0 Å². The Labute approximate surface area is 125 Å². The molecule has 6 heteroatoms. The van der Waals surface area contributed by atoms with E-state index in [1.54, 1.807) is 18.2 Å². The molecular formula is C15H23N3O3. The zero-order chi connectivity index (χ0) is 15.8. The fraction of sp³-hybridized carbons (Fsp3) is 0.533. The number of benzene rings is 1. The number of hydrogen-bond acceptors (Lipinski definition) is 4. The molecule has 0 spiro atoms. The highest BCUT2D eigenvalue weighted by Gasteiger charge is 2.21. The maximum Gasteiger partial charge on any atom is 0.292 e. The van der Waals surface area contributed by atoms with Crippen molar-refractivity contribution in [3.05, 3.63) is 34.4 Å². The van der Waals surface area contributed by atoms with Crippen LogP contribution in [-0.2, 0) is 4.79 Å². The quantitative estimate of drug-likeness (QED) is 0.546. The van der Waals surface area contributed by atoms with Gasteiger partial charge in [0.2, 0.25) is 5.91 Å². The van der Waals surface area contributed by atoms with Crippen LogP contribution in [0.4, 0.5) is 11.4 Å². The van der Waals surface area contributed by atoms with Crippen molar-refractivity contribution in [2.24, 2.45) is 0 Å². The van der Waals surface area contributed by atoms with Crippen LogP contribution in [-0.4, -0.2) is 41.9 Å². The molecule has 0 aliphatic carbocycles. The van der Waals surface area contributed by atoms with E-state index in [0.29, 0.717) is 12.2 Å². The minimum Gasteiger partial charge on any atom is -0.307 e. The average Bonchev–Trinajstić information content (AvgIpc) is 2.47. The van der Waals surface area contributed by atoms with E-state index >= 15 is 0 Å². The van der Waals surface area contributed by atoms with Gasteiger partial charge < -0.3 is 9.80 Å². The van der Waals surface area contributed by atoms with Crippen LogP contribution in [0.15, 0.2) is 24.3 Å². The first-order valence-electron chi connectivity index (χ1n) is 7.25. The molecule has 0 aliphatic heterocycles. The van der Waals surface area contributed by atoms with Gasteiger partial charge in [0.1, 0.15) is 5.69 Å². The van der Waals surface area contributed by atoms with Crippen LogP contribution in [0.25, 0.3) is 0 Å². The Hall–Kier alpha value is -1.95. The van der Waals surface area contributed by atoms with Gasteiger partial charge in [-0.2, -0.15) is 0 Å². The lowest BCUT2D eigenvalue weighted by Gasteiger charge is -2.23. The fourth-order valence-electron chi connectivity index (χ4n) is 2.29. The van der Waals surface area contributed by atoms with Crippen molar-refractivity contribution in [3.63, 3.8) is 0 Å². The summed E-state index contributed by atoms with van der Waals surface area (Å²) < 4.78 is 0. The molecular weight excluding hydrogens is 270 g/mol. The first-order chi connectivity index (χ1) is 10.0. The molecule has 116 valence electrons. The van der Waals surface area contributed by atoms with Gasteiger partial charge >= 0.3 is 0 Å². The molecule has 21 heavy (non-hydrogen) atoms. The Bertz CT molecular complexity index is 487. The third-order valence-corrected chi connectivity index (χ3v) is 3.50. The molecule has 0 radical (unpaired) electrons. The Morgan fingerprint density at radius 2 is 1.81 bits per heavy atom. The van der Waals surface area contributed by atoms with Gasteiger partial charge in [0.15, 0.2) is 0 Å². The first-order valence-corrected chi connectivity index (χ1v) is 7.25. The van der Waals surface area contributed by atoms with Crippen LogP contribution in [0.2, 0.25) is 0 Å². The van der Waals surface area contributed by atoms with Gasteiger partial charge in [-0.05, 0) is 32.1 Å². The molecule has 0 fully saturated rings. The topological polar surface area (TPSA) is 66.7 Å². The Balaban J connectivity index is 2.83. The lowest BCUT2D eigenvalue weighted by molar-refractivity contribution is -0.384. The summed E-state index contributed by atoms with van der Waals surface area (Å²) in [4.78, 5) is 26.2. The van der Waals surface area contributed by atoms with Crippen LogP contribution in [0, 0.1) is 10.1 Å². The Morgan fingerprint density at radius 1 is 1.19 bits per heavy atom. The highest BCUT2D eigenvalue weighted by molar-refractivity contribution is 5.93. The maximum atomic E-state index is 11.8. The van der Waals surface area contributed by atoms with E-state index in [2.05, 4.69) is 18.7 Å². The van der Waals surface area contributed by atoms with Crippen molar-refractivity contribution in [2.45, 2.75) is 27.2 Å². The fourth-order valence-corrected chi connectivity index (χ4v) is 2.29. The van der Waals surface area contributed by atoms with Crippen LogP contribution in [0.3, 0.4) is 0 Å². The van der Waals surface area contributed by atoms with E-state index < -0.39 is 4.92 Å². The number of amides is 1. The Morgan fingerprint density at radius 3 is 2.33 bits per heavy atom. The molecule has 0 atom stereocenters. The number of anilines is 1. The van der Waals surface area contributed by atoms with Gasteiger partial charge in [0.25, 0.3) is 5.69 Å². The van der Waals surface area contributed by atoms with Crippen LogP contribution < -0.4 is 4.90 Å². The number of rotatable bonds is 8. The monoisotopic (exact) mass is 293 g/mol. The van der Waals surface area contributed by atoms with Gasteiger partial charge in [0.05, 0.1) is 4.92 Å². The molecule has 0 N–H and O–H groups in total. The van der Waals surface area contributed by atoms with E-state index in [1.165, 1.54) is 17.9 Å². The lowest BCUT2D eigenvalue weighted by atomic mass is 10.2. The van der Waals surface area contributed by atoms with Crippen molar-refractivity contribution < 1.29 is 9.72 Å². The smallest absolute Gasteiger partial charge is 0.292 e. The zero-order valence-electron chi connectivity index (χ0n) is 12.9. The molecule has 0 unspecified atom stereocenters. The summed E-state index contributed by atoms with van der Waals surface area (Å²) in [6.07, 6.45) is 0.785. The van der Waals surface area contributed by atoms with Gasteiger partial charge in [-0.1, -0.05) is 26.0 Å². The van der Waals surface area contributed by atoms with Gasteiger partial charge in [-0.3, -0.25) is 14.9 Å². The van der Waals surface area contributed by atoms with E-state index in [-0.39, 0.29) is 11.6 Å².